The summed E-state index contributed by atoms with van der Waals surface area (Å²) in [5.74, 6) is -1.67. The molecule has 0 aromatic carbocycles. The van der Waals surface area contributed by atoms with E-state index in [9.17, 15) is 24.9 Å². The number of carbonyl (C=O) groups is 2. The summed E-state index contributed by atoms with van der Waals surface area (Å²) in [4.78, 5) is 25.9. The van der Waals surface area contributed by atoms with Crippen molar-refractivity contribution in [1.82, 2.24) is 0 Å². The molecule has 0 aromatic rings. The number of aliphatic hydroxyl groups excluding tert-OH is 2. The first-order valence-corrected chi connectivity index (χ1v) is 13.8. The topological polar surface area (TPSA) is 104 Å². The van der Waals surface area contributed by atoms with Crippen LogP contribution in [0.3, 0.4) is 0 Å². The largest absolute Gasteiger partial charge is 0.481 e. The summed E-state index contributed by atoms with van der Waals surface area (Å²) in [7, 11) is 0. The lowest BCUT2D eigenvalue weighted by Crippen LogP contribution is -2.70. The van der Waals surface area contributed by atoms with Gasteiger partial charge in [-0.3, -0.25) is 9.59 Å². The van der Waals surface area contributed by atoms with Gasteiger partial charge in [0.2, 0.25) is 0 Å². The van der Waals surface area contributed by atoms with Crippen molar-refractivity contribution >= 4 is 11.9 Å². The number of allylic oxidation sites excluding steroid dienone is 2. The third kappa shape index (κ3) is 2.92. The number of fused-ring (bicyclic) bond motifs is 4. The van der Waals surface area contributed by atoms with E-state index in [-0.39, 0.29) is 52.8 Å². The van der Waals surface area contributed by atoms with Crippen LogP contribution in [0.4, 0.5) is 0 Å². The molecule has 1 heterocycles. The van der Waals surface area contributed by atoms with Gasteiger partial charge in [-0.25, -0.2) is 0 Å². The molecule has 4 aliphatic carbocycles. The molecule has 0 bridgehead atoms. The SMILES string of the molecule is C=C(C)[C@@H]1C[C@H](O)[C@]2(C(=O)O)CC[C@]3(C)[C@H](C[C@H]4OC(=O)C[C@@H](O)[C@]5(C)[C@@H]4[C@@]3(C)CC[C@H]5C(=C)C)[C@H]12. The number of aliphatic hydroxyl groups is 2. The van der Waals surface area contributed by atoms with Crippen LogP contribution < -0.4 is 0 Å². The standard InChI is InChI=1S/C30H44O6/c1-15(2)17-12-22(32)30(26(34)35)11-10-27(5)19(24(17)30)13-20-25-28(27,6)9-8-18(16(3)4)29(25,7)21(31)14-23(33)36-20/h17-22,24-25,31-32H,1,3,8-14H2,2,4-7H3,(H,34,35)/t17-,18-,19+,20+,21+,22-,24-,25-,27+,28+,29+,30+/m0/s1. The van der Waals surface area contributed by atoms with Crippen molar-refractivity contribution in [3.8, 4) is 0 Å². The number of rotatable bonds is 3. The highest BCUT2D eigenvalue weighted by molar-refractivity contribution is 5.77. The van der Waals surface area contributed by atoms with E-state index in [1.54, 1.807) is 0 Å². The van der Waals surface area contributed by atoms with Gasteiger partial charge in [0.1, 0.15) is 6.10 Å². The van der Waals surface area contributed by atoms with Crippen molar-refractivity contribution in [2.75, 3.05) is 0 Å². The predicted molar refractivity (Wildman–Crippen MR) is 136 cm³/mol. The van der Waals surface area contributed by atoms with E-state index in [1.807, 2.05) is 13.8 Å². The minimum Gasteiger partial charge on any atom is -0.481 e. The van der Waals surface area contributed by atoms with Crippen molar-refractivity contribution in [1.29, 1.82) is 0 Å². The van der Waals surface area contributed by atoms with Crippen LogP contribution >= 0.6 is 0 Å². The van der Waals surface area contributed by atoms with E-state index >= 15 is 0 Å². The van der Waals surface area contributed by atoms with E-state index < -0.39 is 35.1 Å². The van der Waals surface area contributed by atoms with Crippen molar-refractivity contribution < 1.29 is 29.6 Å². The van der Waals surface area contributed by atoms with Crippen LogP contribution in [-0.2, 0) is 14.3 Å². The molecule has 5 fully saturated rings. The number of aliphatic carboxylic acids is 1. The number of esters is 1. The quantitative estimate of drug-likeness (QED) is 0.382. The van der Waals surface area contributed by atoms with Gasteiger partial charge >= 0.3 is 11.9 Å². The van der Waals surface area contributed by atoms with Crippen LogP contribution in [0.1, 0.15) is 79.6 Å². The molecule has 6 heteroatoms. The summed E-state index contributed by atoms with van der Waals surface area (Å²) >= 11 is 0. The van der Waals surface area contributed by atoms with Gasteiger partial charge in [0.25, 0.3) is 0 Å². The Morgan fingerprint density at radius 3 is 2.22 bits per heavy atom. The molecule has 200 valence electrons. The van der Waals surface area contributed by atoms with Gasteiger partial charge in [0.05, 0.1) is 24.0 Å². The highest BCUT2D eigenvalue weighted by Crippen LogP contribution is 2.76. The summed E-state index contributed by atoms with van der Waals surface area (Å²) in [6.45, 7) is 19.2. The second-order valence-electron chi connectivity index (χ2n) is 13.8. The molecule has 1 saturated heterocycles. The molecule has 0 amide bonds. The lowest BCUT2D eigenvalue weighted by molar-refractivity contribution is -0.263. The van der Waals surface area contributed by atoms with Gasteiger partial charge in [-0.2, -0.15) is 0 Å². The van der Waals surface area contributed by atoms with Crippen molar-refractivity contribution in [3.63, 3.8) is 0 Å². The molecule has 12 atom stereocenters. The maximum Gasteiger partial charge on any atom is 0.312 e. The molecular formula is C30H44O6. The average Bonchev–Trinajstić information content (AvgIpc) is 3.03. The van der Waals surface area contributed by atoms with E-state index in [0.717, 1.165) is 24.0 Å². The molecule has 6 nitrogen and oxygen atoms in total. The van der Waals surface area contributed by atoms with Crippen molar-refractivity contribution in [2.24, 2.45) is 51.2 Å². The van der Waals surface area contributed by atoms with Gasteiger partial charge in [-0.15, -0.1) is 0 Å². The Kier molecular flexibility index (Phi) is 5.72. The number of carboxylic acids is 1. The summed E-state index contributed by atoms with van der Waals surface area (Å²) in [6, 6.07) is 0. The lowest BCUT2D eigenvalue weighted by Gasteiger charge is -2.71. The maximum atomic E-state index is 13.0. The molecule has 0 aromatic heterocycles. The fraction of sp³-hybridized carbons (Fsp3) is 0.800. The number of carbonyl (C=O) groups excluding carboxylic acids is 1. The fourth-order valence-corrected chi connectivity index (χ4v) is 10.8. The minimum absolute atomic E-state index is 0.0274. The zero-order chi connectivity index (χ0) is 26.6. The highest BCUT2D eigenvalue weighted by Gasteiger charge is 2.75. The zero-order valence-electron chi connectivity index (χ0n) is 22.5. The first-order valence-electron chi connectivity index (χ1n) is 13.8. The van der Waals surface area contributed by atoms with Gasteiger partial charge < -0.3 is 20.1 Å². The molecule has 3 N–H and O–H groups in total. The monoisotopic (exact) mass is 500 g/mol. The van der Waals surface area contributed by atoms with E-state index in [4.69, 9.17) is 4.74 Å². The minimum atomic E-state index is -1.20. The molecule has 1 aliphatic heterocycles. The van der Waals surface area contributed by atoms with Crippen LogP contribution in [0.5, 0.6) is 0 Å². The number of ether oxygens (including phenoxy) is 1. The number of carboxylic acid groups (broad SMARTS) is 1. The Morgan fingerprint density at radius 1 is 0.972 bits per heavy atom. The normalized spacial score (nSPS) is 53.8. The summed E-state index contributed by atoms with van der Waals surface area (Å²) in [6.07, 6.45) is 1.71. The molecule has 5 aliphatic rings. The fourth-order valence-electron chi connectivity index (χ4n) is 10.8. The third-order valence-electron chi connectivity index (χ3n) is 12.6. The number of hydrogen-bond donors (Lipinski definition) is 3. The predicted octanol–water partition coefficient (Wildman–Crippen LogP) is 4.74. The maximum absolute atomic E-state index is 13.0. The van der Waals surface area contributed by atoms with Gasteiger partial charge in [-0.1, -0.05) is 45.1 Å². The molecule has 36 heavy (non-hydrogen) atoms. The molecule has 4 saturated carbocycles. The Labute approximate surface area is 215 Å². The second-order valence-corrected chi connectivity index (χ2v) is 13.8. The molecule has 0 radical (unpaired) electrons. The average molecular weight is 501 g/mol. The first-order chi connectivity index (χ1) is 16.7. The van der Waals surface area contributed by atoms with Gasteiger partial charge in [0.15, 0.2) is 0 Å². The van der Waals surface area contributed by atoms with Crippen LogP contribution in [0.25, 0.3) is 0 Å². The molecule has 5 rings (SSSR count). The Bertz CT molecular complexity index is 1020. The summed E-state index contributed by atoms with van der Waals surface area (Å²) in [5, 5.41) is 33.3. The summed E-state index contributed by atoms with van der Waals surface area (Å²) in [5.41, 5.74) is -0.313. The van der Waals surface area contributed by atoms with Crippen LogP contribution in [0.2, 0.25) is 0 Å². The van der Waals surface area contributed by atoms with E-state index in [1.165, 1.54) is 0 Å². The van der Waals surface area contributed by atoms with E-state index in [0.29, 0.717) is 25.7 Å². The Morgan fingerprint density at radius 2 is 1.64 bits per heavy atom. The Hall–Kier alpha value is -1.66. The highest BCUT2D eigenvalue weighted by atomic mass is 16.5. The van der Waals surface area contributed by atoms with Crippen LogP contribution in [0, 0.1) is 51.2 Å². The zero-order valence-corrected chi connectivity index (χ0v) is 22.5. The smallest absolute Gasteiger partial charge is 0.312 e. The number of hydrogen-bond acceptors (Lipinski definition) is 5. The van der Waals surface area contributed by atoms with Crippen LogP contribution in [-0.4, -0.2) is 45.6 Å². The molecule has 0 unspecified atom stereocenters. The lowest BCUT2D eigenvalue weighted by atomic mass is 9.33. The first kappa shape index (κ1) is 26.0. The molecule has 0 spiro atoms. The molecular weight excluding hydrogens is 456 g/mol. The third-order valence-corrected chi connectivity index (χ3v) is 12.6. The van der Waals surface area contributed by atoms with Crippen LogP contribution in [0.15, 0.2) is 24.3 Å². The Balaban J connectivity index is 1.71. The van der Waals surface area contributed by atoms with Crippen molar-refractivity contribution in [2.45, 2.75) is 97.9 Å². The second kappa shape index (κ2) is 7.92. The van der Waals surface area contributed by atoms with E-state index in [2.05, 4.69) is 33.9 Å². The summed E-state index contributed by atoms with van der Waals surface area (Å²) < 4.78 is 6.18. The van der Waals surface area contributed by atoms with Gasteiger partial charge in [-0.05, 0) is 86.9 Å². The van der Waals surface area contributed by atoms with Gasteiger partial charge in [0, 0.05) is 11.3 Å². The van der Waals surface area contributed by atoms with Crippen molar-refractivity contribution in [3.05, 3.63) is 24.3 Å².